The van der Waals surface area contributed by atoms with Crippen LogP contribution in [0.15, 0.2) is 46.9 Å². The fraction of sp³-hybridized carbons (Fsp3) is 0.286. The lowest BCUT2D eigenvalue weighted by atomic mass is 10.0. The van der Waals surface area contributed by atoms with Crippen LogP contribution in [0, 0.1) is 20.8 Å². The molecule has 0 unspecified atom stereocenters. The number of amides is 1. The Morgan fingerprint density at radius 2 is 1.79 bits per heavy atom. The SMILES string of the molecule is Cc1ccc2c(C)c(C(=O)N[C@@H]3C[C@H]3c3ccccc3)oc2c1C. The van der Waals surface area contributed by atoms with Crippen molar-refractivity contribution >= 4 is 16.9 Å². The monoisotopic (exact) mass is 319 g/mol. The van der Waals surface area contributed by atoms with Gasteiger partial charge in [-0.3, -0.25) is 4.79 Å². The second-order valence-electron chi connectivity index (χ2n) is 6.77. The third kappa shape index (κ3) is 2.41. The molecule has 4 rings (SSSR count). The van der Waals surface area contributed by atoms with E-state index in [4.69, 9.17) is 4.42 Å². The van der Waals surface area contributed by atoms with Crippen LogP contribution in [0.2, 0.25) is 0 Å². The number of rotatable bonds is 3. The molecule has 1 amide bonds. The fourth-order valence-corrected chi connectivity index (χ4v) is 3.39. The maximum atomic E-state index is 12.7. The molecule has 0 radical (unpaired) electrons. The van der Waals surface area contributed by atoms with E-state index in [1.54, 1.807) is 0 Å². The Kier molecular flexibility index (Phi) is 3.45. The summed E-state index contributed by atoms with van der Waals surface area (Å²) in [4.78, 5) is 12.7. The van der Waals surface area contributed by atoms with Crippen LogP contribution in [0.4, 0.5) is 0 Å². The van der Waals surface area contributed by atoms with Crippen LogP contribution >= 0.6 is 0 Å². The second kappa shape index (κ2) is 5.52. The first-order chi connectivity index (χ1) is 11.6. The highest BCUT2D eigenvalue weighted by Crippen LogP contribution is 2.41. The van der Waals surface area contributed by atoms with Crippen LogP contribution in [0.1, 0.15) is 45.1 Å². The molecule has 1 saturated carbocycles. The Hall–Kier alpha value is -2.55. The summed E-state index contributed by atoms with van der Waals surface area (Å²) in [7, 11) is 0. The van der Waals surface area contributed by atoms with Gasteiger partial charge in [0.05, 0.1) is 0 Å². The Morgan fingerprint density at radius 3 is 2.54 bits per heavy atom. The van der Waals surface area contributed by atoms with Crippen LogP contribution in [0.25, 0.3) is 11.0 Å². The van der Waals surface area contributed by atoms with E-state index >= 15 is 0 Å². The molecule has 3 nitrogen and oxygen atoms in total. The predicted molar refractivity (Wildman–Crippen MR) is 95.5 cm³/mol. The smallest absolute Gasteiger partial charge is 0.287 e. The van der Waals surface area contributed by atoms with Crippen LogP contribution in [-0.4, -0.2) is 11.9 Å². The van der Waals surface area contributed by atoms with Crippen molar-refractivity contribution in [2.45, 2.75) is 39.2 Å². The molecule has 1 N–H and O–H groups in total. The van der Waals surface area contributed by atoms with Gasteiger partial charge in [0, 0.05) is 22.9 Å². The largest absolute Gasteiger partial charge is 0.450 e. The molecule has 1 aromatic heterocycles. The van der Waals surface area contributed by atoms with E-state index in [0.717, 1.165) is 28.5 Å². The molecule has 24 heavy (non-hydrogen) atoms. The van der Waals surface area contributed by atoms with Crippen molar-refractivity contribution < 1.29 is 9.21 Å². The molecule has 2 atom stereocenters. The molecule has 3 heteroatoms. The molecule has 122 valence electrons. The lowest BCUT2D eigenvalue weighted by molar-refractivity contribution is 0.0924. The molecular formula is C21H21NO2. The van der Waals surface area contributed by atoms with E-state index < -0.39 is 0 Å². The number of carbonyl (C=O) groups excluding carboxylic acids is 1. The van der Waals surface area contributed by atoms with E-state index in [2.05, 4.69) is 30.4 Å². The molecule has 1 fully saturated rings. The van der Waals surface area contributed by atoms with Gasteiger partial charge in [-0.25, -0.2) is 0 Å². The zero-order valence-electron chi connectivity index (χ0n) is 14.2. The van der Waals surface area contributed by atoms with Crippen LogP contribution in [0.5, 0.6) is 0 Å². The first-order valence-electron chi connectivity index (χ1n) is 8.41. The molecule has 1 aliphatic carbocycles. The number of carbonyl (C=O) groups is 1. The third-order valence-corrected chi connectivity index (χ3v) is 5.17. The number of nitrogens with one attached hydrogen (secondary N) is 1. The zero-order chi connectivity index (χ0) is 16.8. The Morgan fingerprint density at radius 1 is 1.04 bits per heavy atom. The average molecular weight is 319 g/mol. The van der Waals surface area contributed by atoms with Gasteiger partial charge in [-0.1, -0.05) is 42.5 Å². The molecule has 0 spiro atoms. The normalized spacial score (nSPS) is 19.5. The summed E-state index contributed by atoms with van der Waals surface area (Å²) in [5.41, 5.74) is 5.31. The van der Waals surface area contributed by atoms with Gasteiger partial charge in [0.1, 0.15) is 5.58 Å². The highest BCUT2D eigenvalue weighted by molar-refractivity contribution is 6.00. The summed E-state index contributed by atoms with van der Waals surface area (Å²) < 4.78 is 5.93. The summed E-state index contributed by atoms with van der Waals surface area (Å²) in [5, 5.41) is 4.15. The molecule has 1 aliphatic rings. The van der Waals surface area contributed by atoms with Gasteiger partial charge in [-0.2, -0.15) is 0 Å². The lowest BCUT2D eigenvalue weighted by Gasteiger charge is -2.03. The first kappa shape index (κ1) is 15.0. The van der Waals surface area contributed by atoms with E-state index in [0.29, 0.717) is 11.7 Å². The number of hydrogen-bond donors (Lipinski definition) is 1. The number of fused-ring (bicyclic) bond motifs is 1. The van der Waals surface area contributed by atoms with Crippen molar-refractivity contribution in [1.29, 1.82) is 0 Å². The summed E-state index contributed by atoms with van der Waals surface area (Å²) in [6, 6.07) is 14.7. The van der Waals surface area contributed by atoms with Gasteiger partial charge in [0.15, 0.2) is 5.76 Å². The Balaban J connectivity index is 1.57. The molecule has 3 aromatic rings. The maximum Gasteiger partial charge on any atom is 0.287 e. The second-order valence-corrected chi connectivity index (χ2v) is 6.77. The first-order valence-corrected chi connectivity index (χ1v) is 8.41. The van der Waals surface area contributed by atoms with Gasteiger partial charge in [0.2, 0.25) is 0 Å². The molecule has 1 heterocycles. The predicted octanol–water partition coefficient (Wildman–Crippen LogP) is 4.64. The van der Waals surface area contributed by atoms with Crippen molar-refractivity contribution in [1.82, 2.24) is 5.32 Å². The minimum absolute atomic E-state index is 0.107. The summed E-state index contributed by atoms with van der Waals surface area (Å²) in [5.74, 6) is 0.755. The topological polar surface area (TPSA) is 42.2 Å². The summed E-state index contributed by atoms with van der Waals surface area (Å²) >= 11 is 0. The molecule has 0 bridgehead atoms. The van der Waals surface area contributed by atoms with Gasteiger partial charge in [-0.05, 0) is 43.9 Å². The van der Waals surface area contributed by atoms with Crippen molar-refractivity contribution in [3.05, 3.63) is 70.5 Å². The number of aryl methyl sites for hydroxylation is 3. The number of benzene rings is 2. The van der Waals surface area contributed by atoms with E-state index in [1.807, 2.05) is 38.1 Å². The van der Waals surface area contributed by atoms with Crippen LogP contribution < -0.4 is 5.32 Å². The van der Waals surface area contributed by atoms with Crippen molar-refractivity contribution in [3.63, 3.8) is 0 Å². The van der Waals surface area contributed by atoms with Crippen LogP contribution in [0.3, 0.4) is 0 Å². The Labute approximate surface area is 141 Å². The Bertz CT molecular complexity index is 924. The molecule has 2 aromatic carbocycles. The van der Waals surface area contributed by atoms with Crippen LogP contribution in [-0.2, 0) is 0 Å². The van der Waals surface area contributed by atoms with Crippen molar-refractivity contribution in [3.8, 4) is 0 Å². The zero-order valence-corrected chi connectivity index (χ0v) is 14.2. The average Bonchev–Trinajstić information content (AvgIpc) is 3.27. The van der Waals surface area contributed by atoms with Gasteiger partial charge < -0.3 is 9.73 Å². The highest BCUT2D eigenvalue weighted by atomic mass is 16.3. The molecular weight excluding hydrogens is 298 g/mol. The summed E-state index contributed by atoms with van der Waals surface area (Å²) in [6.45, 7) is 6.05. The molecule has 0 saturated heterocycles. The van der Waals surface area contributed by atoms with Crippen molar-refractivity contribution in [2.24, 2.45) is 0 Å². The quantitative estimate of drug-likeness (QED) is 0.764. The van der Waals surface area contributed by atoms with Gasteiger partial charge in [0.25, 0.3) is 5.91 Å². The third-order valence-electron chi connectivity index (χ3n) is 5.17. The maximum absolute atomic E-state index is 12.7. The standard InChI is InChI=1S/C21H21NO2/c1-12-9-10-16-14(3)20(24-19(16)13(12)2)21(23)22-18-11-17(18)15-7-5-4-6-8-15/h4-10,17-18H,11H2,1-3H3,(H,22,23)/t17-,18+/m0/s1. The van der Waals surface area contributed by atoms with Gasteiger partial charge >= 0.3 is 0 Å². The van der Waals surface area contributed by atoms with E-state index in [1.165, 1.54) is 11.1 Å². The van der Waals surface area contributed by atoms with E-state index in [9.17, 15) is 4.79 Å². The highest BCUT2D eigenvalue weighted by Gasteiger charge is 2.40. The number of hydrogen-bond acceptors (Lipinski definition) is 2. The molecule has 0 aliphatic heterocycles. The fourth-order valence-electron chi connectivity index (χ4n) is 3.39. The minimum Gasteiger partial charge on any atom is -0.450 e. The van der Waals surface area contributed by atoms with Crippen molar-refractivity contribution in [2.75, 3.05) is 0 Å². The van der Waals surface area contributed by atoms with E-state index in [-0.39, 0.29) is 11.9 Å². The minimum atomic E-state index is -0.107. The number of furan rings is 1. The lowest BCUT2D eigenvalue weighted by Crippen LogP contribution is -2.26. The van der Waals surface area contributed by atoms with Gasteiger partial charge in [-0.15, -0.1) is 0 Å². The summed E-state index contributed by atoms with van der Waals surface area (Å²) in [6.07, 6.45) is 0.993.